The van der Waals surface area contributed by atoms with Gasteiger partial charge in [0.1, 0.15) is 0 Å². The second-order valence-corrected chi connectivity index (χ2v) is 5.50. The fourth-order valence-corrected chi connectivity index (χ4v) is 2.22. The standard InChI is InChI=1S/C17H32N4/c18-10-2-1-3-11-20-12-4-5-13-21-15-17-8-6-16(14-19)7-9-17/h6-9,20-21H,1-5,10-15,18-19H2. The van der Waals surface area contributed by atoms with E-state index in [0.717, 1.165) is 39.1 Å². The normalized spacial score (nSPS) is 11.0. The van der Waals surface area contributed by atoms with Gasteiger partial charge in [-0.25, -0.2) is 0 Å². The molecule has 0 atom stereocenters. The minimum atomic E-state index is 0.618. The molecule has 1 rings (SSSR count). The highest BCUT2D eigenvalue weighted by Crippen LogP contribution is 2.03. The number of nitrogens with one attached hydrogen (secondary N) is 2. The molecule has 0 aliphatic carbocycles. The molecule has 0 amide bonds. The van der Waals surface area contributed by atoms with Gasteiger partial charge in [0.25, 0.3) is 0 Å². The lowest BCUT2D eigenvalue weighted by molar-refractivity contribution is 0.561. The Balaban J connectivity index is 1.88. The van der Waals surface area contributed by atoms with Crippen molar-refractivity contribution in [1.29, 1.82) is 0 Å². The van der Waals surface area contributed by atoms with Crippen molar-refractivity contribution in [2.45, 2.75) is 45.2 Å². The van der Waals surface area contributed by atoms with Gasteiger partial charge in [0.05, 0.1) is 0 Å². The number of hydrogen-bond acceptors (Lipinski definition) is 4. The van der Waals surface area contributed by atoms with E-state index in [0.29, 0.717) is 6.54 Å². The lowest BCUT2D eigenvalue weighted by Crippen LogP contribution is -2.19. The van der Waals surface area contributed by atoms with Crippen LogP contribution in [0.15, 0.2) is 24.3 Å². The fourth-order valence-electron chi connectivity index (χ4n) is 2.22. The molecule has 0 aliphatic rings. The Morgan fingerprint density at radius 3 is 1.86 bits per heavy atom. The van der Waals surface area contributed by atoms with E-state index in [1.165, 1.54) is 36.8 Å². The Morgan fingerprint density at radius 2 is 1.24 bits per heavy atom. The second kappa shape index (κ2) is 12.8. The van der Waals surface area contributed by atoms with Crippen LogP contribution in [0.2, 0.25) is 0 Å². The van der Waals surface area contributed by atoms with Crippen LogP contribution in [-0.4, -0.2) is 26.2 Å². The summed E-state index contributed by atoms with van der Waals surface area (Å²) in [4.78, 5) is 0. The van der Waals surface area contributed by atoms with Gasteiger partial charge < -0.3 is 22.1 Å². The van der Waals surface area contributed by atoms with Crippen LogP contribution in [0.4, 0.5) is 0 Å². The molecule has 120 valence electrons. The first-order chi connectivity index (χ1) is 10.4. The van der Waals surface area contributed by atoms with Crippen molar-refractivity contribution in [3.63, 3.8) is 0 Å². The van der Waals surface area contributed by atoms with E-state index in [9.17, 15) is 0 Å². The van der Waals surface area contributed by atoms with Gasteiger partial charge in [-0.3, -0.25) is 0 Å². The van der Waals surface area contributed by atoms with Gasteiger partial charge in [0.15, 0.2) is 0 Å². The Morgan fingerprint density at radius 1 is 0.667 bits per heavy atom. The highest BCUT2D eigenvalue weighted by atomic mass is 14.9. The second-order valence-electron chi connectivity index (χ2n) is 5.50. The molecule has 1 aromatic rings. The summed E-state index contributed by atoms with van der Waals surface area (Å²) < 4.78 is 0. The van der Waals surface area contributed by atoms with E-state index in [4.69, 9.17) is 11.5 Å². The molecule has 6 N–H and O–H groups in total. The Bertz CT molecular complexity index is 337. The summed E-state index contributed by atoms with van der Waals surface area (Å²) in [5, 5.41) is 6.97. The van der Waals surface area contributed by atoms with Crippen molar-refractivity contribution < 1.29 is 0 Å². The number of hydrogen-bond donors (Lipinski definition) is 4. The summed E-state index contributed by atoms with van der Waals surface area (Å²) in [7, 11) is 0. The first-order valence-corrected chi connectivity index (χ1v) is 8.26. The van der Waals surface area contributed by atoms with E-state index in [1.54, 1.807) is 0 Å². The molecule has 4 heteroatoms. The van der Waals surface area contributed by atoms with E-state index in [1.807, 2.05) is 0 Å². The molecule has 0 aliphatic heterocycles. The SMILES string of the molecule is NCCCCCNCCCCNCc1ccc(CN)cc1. The Hall–Kier alpha value is -0.940. The first kappa shape index (κ1) is 18.1. The molecule has 0 radical (unpaired) electrons. The molecular formula is C17H32N4. The molecule has 0 saturated heterocycles. The minimum Gasteiger partial charge on any atom is -0.330 e. The zero-order valence-electron chi connectivity index (χ0n) is 13.2. The van der Waals surface area contributed by atoms with Crippen molar-refractivity contribution in [3.05, 3.63) is 35.4 Å². The molecule has 0 aromatic heterocycles. The molecule has 0 fully saturated rings. The third-order valence-electron chi connectivity index (χ3n) is 3.60. The number of unbranched alkanes of at least 4 members (excludes halogenated alkanes) is 3. The number of benzene rings is 1. The molecule has 0 heterocycles. The molecule has 21 heavy (non-hydrogen) atoms. The number of rotatable bonds is 13. The van der Waals surface area contributed by atoms with Crippen LogP contribution < -0.4 is 22.1 Å². The van der Waals surface area contributed by atoms with Crippen molar-refractivity contribution in [3.8, 4) is 0 Å². The van der Waals surface area contributed by atoms with Gasteiger partial charge in [0.2, 0.25) is 0 Å². The predicted octanol–water partition coefficient (Wildman–Crippen LogP) is 1.73. The van der Waals surface area contributed by atoms with Gasteiger partial charge in [-0.15, -0.1) is 0 Å². The third kappa shape index (κ3) is 9.58. The summed E-state index contributed by atoms with van der Waals surface area (Å²) in [5.41, 5.74) is 13.6. The van der Waals surface area contributed by atoms with Crippen LogP contribution in [0.1, 0.15) is 43.2 Å². The third-order valence-corrected chi connectivity index (χ3v) is 3.60. The van der Waals surface area contributed by atoms with Gasteiger partial charge >= 0.3 is 0 Å². The highest BCUT2D eigenvalue weighted by molar-refractivity contribution is 5.22. The average molecular weight is 292 g/mol. The van der Waals surface area contributed by atoms with Gasteiger partial charge in [-0.05, 0) is 63.0 Å². The van der Waals surface area contributed by atoms with Gasteiger partial charge in [-0.1, -0.05) is 30.7 Å². The highest BCUT2D eigenvalue weighted by Gasteiger charge is 1.94. The van der Waals surface area contributed by atoms with E-state index >= 15 is 0 Å². The van der Waals surface area contributed by atoms with Crippen LogP contribution in [0, 0.1) is 0 Å². The van der Waals surface area contributed by atoms with Crippen molar-refractivity contribution >= 4 is 0 Å². The molecule has 4 nitrogen and oxygen atoms in total. The van der Waals surface area contributed by atoms with E-state index < -0.39 is 0 Å². The first-order valence-electron chi connectivity index (χ1n) is 8.26. The molecule has 0 spiro atoms. The summed E-state index contributed by atoms with van der Waals surface area (Å²) >= 11 is 0. The van der Waals surface area contributed by atoms with E-state index in [2.05, 4.69) is 34.9 Å². The smallest absolute Gasteiger partial charge is 0.0205 e. The summed E-state index contributed by atoms with van der Waals surface area (Å²) in [5.74, 6) is 0. The Labute approximate surface area is 129 Å². The maximum absolute atomic E-state index is 5.59. The zero-order chi connectivity index (χ0) is 15.2. The van der Waals surface area contributed by atoms with E-state index in [-0.39, 0.29) is 0 Å². The lowest BCUT2D eigenvalue weighted by Gasteiger charge is -2.07. The molecule has 0 unspecified atom stereocenters. The minimum absolute atomic E-state index is 0.618. The summed E-state index contributed by atoms with van der Waals surface area (Å²) in [6.45, 7) is 5.70. The van der Waals surface area contributed by atoms with Crippen molar-refractivity contribution in [1.82, 2.24) is 10.6 Å². The van der Waals surface area contributed by atoms with Crippen LogP contribution >= 0.6 is 0 Å². The van der Waals surface area contributed by atoms with Crippen molar-refractivity contribution in [2.75, 3.05) is 26.2 Å². The lowest BCUT2D eigenvalue weighted by atomic mass is 10.1. The maximum atomic E-state index is 5.59. The summed E-state index contributed by atoms with van der Waals surface area (Å²) in [6, 6.07) is 8.51. The quantitative estimate of drug-likeness (QED) is 0.418. The molecule has 0 saturated carbocycles. The summed E-state index contributed by atoms with van der Waals surface area (Å²) in [6.07, 6.45) is 6.09. The topological polar surface area (TPSA) is 76.1 Å². The average Bonchev–Trinajstić information content (AvgIpc) is 2.53. The monoisotopic (exact) mass is 292 g/mol. The zero-order valence-corrected chi connectivity index (χ0v) is 13.2. The predicted molar refractivity (Wildman–Crippen MR) is 91.0 cm³/mol. The van der Waals surface area contributed by atoms with Gasteiger partial charge in [-0.2, -0.15) is 0 Å². The molecular weight excluding hydrogens is 260 g/mol. The molecule has 0 bridgehead atoms. The molecule has 1 aromatic carbocycles. The fraction of sp³-hybridized carbons (Fsp3) is 0.647. The van der Waals surface area contributed by atoms with Crippen LogP contribution in [0.5, 0.6) is 0 Å². The maximum Gasteiger partial charge on any atom is 0.0205 e. The number of nitrogens with two attached hydrogens (primary N) is 2. The Kier molecular flexibility index (Phi) is 11.0. The van der Waals surface area contributed by atoms with Crippen LogP contribution in [-0.2, 0) is 13.1 Å². The van der Waals surface area contributed by atoms with Crippen LogP contribution in [0.3, 0.4) is 0 Å². The van der Waals surface area contributed by atoms with Crippen LogP contribution in [0.25, 0.3) is 0 Å². The van der Waals surface area contributed by atoms with Crippen molar-refractivity contribution in [2.24, 2.45) is 11.5 Å². The largest absolute Gasteiger partial charge is 0.330 e. The van der Waals surface area contributed by atoms with Gasteiger partial charge in [0, 0.05) is 13.1 Å².